The van der Waals surface area contributed by atoms with Crippen LogP contribution >= 0.6 is 0 Å². The lowest BCUT2D eigenvalue weighted by atomic mass is 10.1. The fraction of sp³-hybridized carbons (Fsp3) is 0.455. The van der Waals surface area contributed by atoms with Gasteiger partial charge in [-0.3, -0.25) is 0 Å². The minimum Gasteiger partial charge on any atom is -0.504 e. The zero-order valence-electron chi connectivity index (χ0n) is 8.53. The first-order chi connectivity index (χ1) is 6.69. The summed E-state index contributed by atoms with van der Waals surface area (Å²) in [6.07, 6.45) is 0.158. The Morgan fingerprint density at radius 1 is 1.36 bits per heavy atom. The van der Waals surface area contributed by atoms with Crippen molar-refractivity contribution in [2.24, 2.45) is 0 Å². The molecule has 14 heavy (non-hydrogen) atoms. The molecule has 1 rings (SSSR count). The third-order valence-electron chi connectivity index (χ3n) is 2.06. The molecule has 1 atom stereocenters. The number of benzene rings is 1. The number of ether oxygens (including phenoxy) is 1. The molecule has 0 heterocycles. The van der Waals surface area contributed by atoms with E-state index in [2.05, 4.69) is 0 Å². The van der Waals surface area contributed by atoms with Crippen LogP contribution in [0.4, 0.5) is 0 Å². The highest BCUT2D eigenvalue weighted by molar-refractivity contribution is 5.42. The van der Waals surface area contributed by atoms with E-state index in [0.29, 0.717) is 18.8 Å². The second kappa shape index (κ2) is 4.86. The van der Waals surface area contributed by atoms with Gasteiger partial charge in [0.05, 0.1) is 12.7 Å². The monoisotopic (exact) mass is 196 g/mol. The van der Waals surface area contributed by atoms with Crippen LogP contribution in [0, 0.1) is 0 Å². The van der Waals surface area contributed by atoms with E-state index in [1.54, 1.807) is 18.2 Å². The second-order valence-corrected chi connectivity index (χ2v) is 3.08. The molecule has 0 aromatic heterocycles. The molecule has 0 amide bonds. The van der Waals surface area contributed by atoms with E-state index < -0.39 is 6.10 Å². The summed E-state index contributed by atoms with van der Waals surface area (Å²) in [4.78, 5) is 0. The van der Waals surface area contributed by atoms with Crippen LogP contribution in [-0.4, -0.2) is 16.8 Å². The molecule has 3 heteroatoms. The van der Waals surface area contributed by atoms with Crippen molar-refractivity contribution in [2.45, 2.75) is 26.4 Å². The Morgan fingerprint density at radius 3 is 2.64 bits per heavy atom. The van der Waals surface area contributed by atoms with E-state index in [4.69, 9.17) is 4.74 Å². The summed E-state index contributed by atoms with van der Waals surface area (Å²) >= 11 is 0. The summed E-state index contributed by atoms with van der Waals surface area (Å²) < 4.78 is 5.21. The van der Waals surface area contributed by atoms with E-state index in [9.17, 15) is 10.2 Å². The number of aromatic hydroxyl groups is 1. The van der Waals surface area contributed by atoms with Crippen LogP contribution in [0.5, 0.6) is 11.5 Å². The first kappa shape index (κ1) is 10.9. The number of phenolic OH excluding ortho intramolecular Hbond substituents is 1. The zero-order chi connectivity index (χ0) is 10.6. The van der Waals surface area contributed by atoms with Crippen LogP contribution in [-0.2, 0) is 0 Å². The van der Waals surface area contributed by atoms with Crippen LogP contribution in [0.2, 0.25) is 0 Å². The molecule has 0 spiro atoms. The number of hydrogen-bond acceptors (Lipinski definition) is 3. The highest BCUT2D eigenvalue weighted by Gasteiger charge is 2.08. The molecule has 0 aliphatic rings. The smallest absolute Gasteiger partial charge is 0.161 e. The third kappa shape index (κ3) is 2.39. The van der Waals surface area contributed by atoms with Gasteiger partial charge in [-0.1, -0.05) is 13.0 Å². The second-order valence-electron chi connectivity index (χ2n) is 3.08. The molecular formula is C11H16O3. The van der Waals surface area contributed by atoms with Gasteiger partial charge in [0, 0.05) is 0 Å². The number of rotatable bonds is 4. The number of phenols is 1. The fourth-order valence-electron chi connectivity index (χ4n) is 1.24. The van der Waals surface area contributed by atoms with Crippen LogP contribution in [0.1, 0.15) is 31.9 Å². The van der Waals surface area contributed by atoms with Gasteiger partial charge < -0.3 is 14.9 Å². The van der Waals surface area contributed by atoms with Crippen molar-refractivity contribution in [3.63, 3.8) is 0 Å². The Morgan fingerprint density at radius 2 is 2.07 bits per heavy atom. The quantitative estimate of drug-likeness (QED) is 0.776. The van der Waals surface area contributed by atoms with Gasteiger partial charge in [-0.15, -0.1) is 0 Å². The van der Waals surface area contributed by atoms with E-state index >= 15 is 0 Å². The van der Waals surface area contributed by atoms with Crippen molar-refractivity contribution in [3.05, 3.63) is 23.8 Å². The summed E-state index contributed by atoms with van der Waals surface area (Å²) in [6, 6.07) is 4.91. The lowest BCUT2D eigenvalue weighted by Crippen LogP contribution is -1.97. The normalized spacial score (nSPS) is 12.5. The van der Waals surface area contributed by atoms with Gasteiger partial charge in [0.15, 0.2) is 11.5 Å². The summed E-state index contributed by atoms with van der Waals surface area (Å²) in [6.45, 7) is 4.25. The van der Waals surface area contributed by atoms with Gasteiger partial charge in [-0.2, -0.15) is 0 Å². The van der Waals surface area contributed by atoms with Crippen molar-refractivity contribution >= 4 is 0 Å². The van der Waals surface area contributed by atoms with Gasteiger partial charge in [0.2, 0.25) is 0 Å². The summed E-state index contributed by atoms with van der Waals surface area (Å²) in [5.41, 5.74) is 0.772. The van der Waals surface area contributed by atoms with E-state index in [1.165, 1.54) is 0 Å². The number of aliphatic hydroxyl groups is 1. The first-order valence-corrected chi connectivity index (χ1v) is 4.82. The summed E-state index contributed by atoms with van der Waals surface area (Å²) in [7, 11) is 0. The molecule has 0 saturated heterocycles. The van der Waals surface area contributed by atoms with E-state index in [-0.39, 0.29) is 5.75 Å². The van der Waals surface area contributed by atoms with Gasteiger partial charge in [0.1, 0.15) is 0 Å². The van der Waals surface area contributed by atoms with Crippen molar-refractivity contribution in [3.8, 4) is 11.5 Å². The highest BCUT2D eigenvalue weighted by atomic mass is 16.5. The SMILES string of the molecule is CCOc1cc(C(O)CC)ccc1O. The topological polar surface area (TPSA) is 49.7 Å². The Bertz CT molecular complexity index is 297. The minimum absolute atomic E-state index is 0.110. The third-order valence-corrected chi connectivity index (χ3v) is 2.06. The Labute approximate surface area is 84.0 Å². The van der Waals surface area contributed by atoms with Crippen LogP contribution in [0.25, 0.3) is 0 Å². The predicted octanol–water partition coefficient (Wildman–Crippen LogP) is 2.23. The molecule has 78 valence electrons. The van der Waals surface area contributed by atoms with Crippen LogP contribution in [0.15, 0.2) is 18.2 Å². The highest BCUT2D eigenvalue weighted by Crippen LogP contribution is 2.29. The Kier molecular flexibility index (Phi) is 3.77. The molecule has 0 radical (unpaired) electrons. The average molecular weight is 196 g/mol. The molecule has 1 aromatic carbocycles. The molecule has 0 aliphatic carbocycles. The van der Waals surface area contributed by atoms with Gasteiger partial charge in [0.25, 0.3) is 0 Å². The fourth-order valence-corrected chi connectivity index (χ4v) is 1.24. The van der Waals surface area contributed by atoms with Crippen molar-refractivity contribution in [1.82, 2.24) is 0 Å². The van der Waals surface area contributed by atoms with Gasteiger partial charge in [-0.05, 0) is 31.0 Å². The number of aliphatic hydroxyl groups excluding tert-OH is 1. The minimum atomic E-state index is -0.491. The maximum atomic E-state index is 9.58. The van der Waals surface area contributed by atoms with Crippen molar-refractivity contribution in [1.29, 1.82) is 0 Å². The van der Waals surface area contributed by atoms with Crippen LogP contribution in [0.3, 0.4) is 0 Å². The average Bonchev–Trinajstić information content (AvgIpc) is 2.20. The molecule has 3 nitrogen and oxygen atoms in total. The lowest BCUT2D eigenvalue weighted by Gasteiger charge is -2.11. The summed E-state index contributed by atoms with van der Waals surface area (Å²) in [5, 5.41) is 19.0. The van der Waals surface area contributed by atoms with Crippen molar-refractivity contribution in [2.75, 3.05) is 6.61 Å². The largest absolute Gasteiger partial charge is 0.504 e. The standard InChI is InChI=1S/C11H16O3/c1-3-9(12)8-5-6-10(13)11(7-8)14-4-2/h5-7,9,12-13H,3-4H2,1-2H3. The Balaban J connectivity index is 2.93. The molecule has 0 bridgehead atoms. The first-order valence-electron chi connectivity index (χ1n) is 4.82. The molecule has 0 aliphatic heterocycles. The van der Waals surface area contributed by atoms with Crippen molar-refractivity contribution < 1.29 is 14.9 Å². The maximum Gasteiger partial charge on any atom is 0.161 e. The molecule has 1 aromatic rings. The Hall–Kier alpha value is -1.22. The van der Waals surface area contributed by atoms with E-state index in [1.807, 2.05) is 13.8 Å². The molecular weight excluding hydrogens is 180 g/mol. The predicted molar refractivity (Wildman–Crippen MR) is 54.5 cm³/mol. The molecule has 0 fully saturated rings. The van der Waals surface area contributed by atoms with Gasteiger partial charge in [-0.25, -0.2) is 0 Å². The molecule has 0 saturated carbocycles. The molecule has 1 unspecified atom stereocenters. The zero-order valence-corrected chi connectivity index (χ0v) is 8.53. The van der Waals surface area contributed by atoms with Gasteiger partial charge >= 0.3 is 0 Å². The van der Waals surface area contributed by atoms with Crippen LogP contribution < -0.4 is 4.74 Å². The maximum absolute atomic E-state index is 9.58. The number of hydrogen-bond donors (Lipinski definition) is 2. The lowest BCUT2D eigenvalue weighted by molar-refractivity contribution is 0.173. The van der Waals surface area contributed by atoms with E-state index in [0.717, 1.165) is 5.56 Å². The summed E-state index contributed by atoms with van der Waals surface area (Å²) in [5.74, 6) is 0.538. The molecule has 2 N–H and O–H groups in total.